The molecule has 0 aromatic carbocycles. The largest absolute Gasteiger partial charge is 0.480 e. The first-order chi connectivity index (χ1) is 4.93. The van der Waals surface area contributed by atoms with Crippen molar-refractivity contribution >= 4 is 11.9 Å². The van der Waals surface area contributed by atoms with Gasteiger partial charge in [0.25, 0.3) is 0 Å². The van der Waals surface area contributed by atoms with E-state index in [1.54, 1.807) is 13.8 Å². The maximum Gasteiger partial charge on any atom is 0.326 e. The van der Waals surface area contributed by atoms with Crippen LogP contribution in [-0.4, -0.2) is 23.0 Å². The van der Waals surface area contributed by atoms with E-state index >= 15 is 0 Å². The molecule has 2 N–H and O–H groups in total. The predicted molar refractivity (Wildman–Crippen MR) is 38.0 cm³/mol. The number of amides is 1. The zero-order valence-corrected chi connectivity index (χ0v) is 6.55. The highest BCUT2D eigenvalue weighted by atomic mass is 16.4. The minimum atomic E-state index is -0.958. The molecule has 0 radical (unpaired) electrons. The molecule has 1 atom stereocenters. The summed E-state index contributed by atoms with van der Waals surface area (Å²) < 4.78 is 0. The van der Waals surface area contributed by atoms with Crippen molar-refractivity contribution in [2.75, 3.05) is 0 Å². The Hall–Kier alpha value is -1.06. The number of hydrogen-bond donors (Lipinski definition) is 2. The lowest BCUT2D eigenvalue weighted by Crippen LogP contribution is -2.40. The Kier molecular flexibility index (Phi) is 1.62. The van der Waals surface area contributed by atoms with Crippen LogP contribution in [-0.2, 0) is 9.59 Å². The van der Waals surface area contributed by atoms with E-state index in [0.29, 0.717) is 6.42 Å². The molecule has 0 saturated carbocycles. The zero-order chi connectivity index (χ0) is 8.65. The predicted octanol–water partition coefficient (Wildman–Crippen LogP) is -0.0143. The number of hydrogen-bond acceptors (Lipinski definition) is 2. The van der Waals surface area contributed by atoms with Gasteiger partial charge in [-0.05, 0) is 0 Å². The molecule has 1 rings (SSSR count). The first-order valence-electron chi connectivity index (χ1n) is 3.45. The van der Waals surface area contributed by atoms with Crippen LogP contribution in [0.3, 0.4) is 0 Å². The SMILES string of the molecule is CC1(C)CC(=O)NC1C(=O)O. The lowest BCUT2D eigenvalue weighted by Gasteiger charge is -2.20. The van der Waals surface area contributed by atoms with E-state index in [4.69, 9.17) is 5.11 Å². The number of carboxylic acid groups (broad SMARTS) is 1. The first kappa shape index (κ1) is 8.04. The Morgan fingerprint density at radius 3 is 2.45 bits per heavy atom. The average Bonchev–Trinajstić information content (AvgIpc) is 2.04. The third kappa shape index (κ3) is 1.34. The summed E-state index contributed by atoms with van der Waals surface area (Å²) in [6.45, 7) is 3.54. The summed E-state index contributed by atoms with van der Waals surface area (Å²) in [5.41, 5.74) is -0.455. The van der Waals surface area contributed by atoms with E-state index in [9.17, 15) is 9.59 Å². The van der Waals surface area contributed by atoms with Gasteiger partial charge in [0.1, 0.15) is 6.04 Å². The van der Waals surface area contributed by atoms with Gasteiger partial charge in [0.2, 0.25) is 5.91 Å². The van der Waals surface area contributed by atoms with E-state index in [1.165, 1.54) is 0 Å². The normalized spacial score (nSPS) is 28.2. The van der Waals surface area contributed by atoms with E-state index in [0.717, 1.165) is 0 Å². The van der Waals surface area contributed by atoms with Crippen molar-refractivity contribution in [2.24, 2.45) is 5.41 Å². The van der Waals surface area contributed by atoms with Crippen molar-refractivity contribution in [3.05, 3.63) is 0 Å². The summed E-state index contributed by atoms with van der Waals surface area (Å²) in [6.07, 6.45) is 0.296. The number of nitrogens with one attached hydrogen (secondary N) is 1. The van der Waals surface area contributed by atoms with E-state index < -0.39 is 17.4 Å². The van der Waals surface area contributed by atoms with Crippen LogP contribution >= 0.6 is 0 Å². The lowest BCUT2D eigenvalue weighted by atomic mass is 9.85. The summed E-state index contributed by atoms with van der Waals surface area (Å²) in [5, 5.41) is 11.1. The Morgan fingerprint density at radius 1 is 1.73 bits per heavy atom. The standard InChI is InChI=1S/C7H11NO3/c1-7(2)3-4(9)8-5(7)6(10)11/h5H,3H2,1-2H3,(H,8,9)(H,10,11). The molecule has 0 aliphatic carbocycles. The number of carboxylic acids is 1. The minimum absolute atomic E-state index is 0.178. The fraction of sp³-hybridized carbons (Fsp3) is 0.714. The number of rotatable bonds is 1. The monoisotopic (exact) mass is 157 g/mol. The highest BCUT2D eigenvalue weighted by Crippen LogP contribution is 2.30. The Balaban J connectivity index is 2.82. The van der Waals surface area contributed by atoms with Gasteiger partial charge in [-0.15, -0.1) is 0 Å². The molecule has 1 aliphatic heterocycles. The Morgan fingerprint density at radius 2 is 2.27 bits per heavy atom. The van der Waals surface area contributed by atoms with Crippen LogP contribution in [0.4, 0.5) is 0 Å². The molecule has 4 heteroatoms. The summed E-state index contributed by atoms with van der Waals surface area (Å²) in [6, 6.07) is -0.727. The van der Waals surface area contributed by atoms with E-state index in [-0.39, 0.29) is 5.91 Å². The van der Waals surface area contributed by atoms with Crippen molar-refractivity contribution in [1.29, 1.82) is 0 Å². The van der Waals surface area contributed by atoms with Crippen LogP contribution in [0.25, 0.3) is 0 Å². The van der Waals surface area contributed by atoms with Gasteiger partial charge in [-0.3, -0.25) is 4.79 Å². The summed E-state index contributed by atoms with van der Waals surface area (Å²) in [5.74, 6) is -1.14. The topological polar surface area (TPSA) is 66.4 Å². The molecule has 0 bridgehead atoms. The van der Waals surface area contributed by atoms with Crippen LogP contribution in [0.15, 0.2) is 0 Å². The Labute approximate surface area is 64.6 Å². The molecule has 1 saturated heterocycles. The van der Waals surface area contributed by atoms with Gasteiger partial charge in [0.05, 0.1) is 0 Å². The average molecular weight is 157 g/mol. The molecule has 1 heterocycles. The van der Waals surface area contributed by atoms with Crippen molar-refractivity contribution in [3.8, 4) is 0 Å². The maximum absolute atomic E-state index is 10.8. The zero-order valence-electron chi connectivity index (χ0n) is 6.55. The molecular weight excluding hydrogens is 146 g/mol. The fourth-order valence-corrected chi connectivity index (χ4v) is 1.32. The van der Waals surface area contributed by atoms with Crippen molar-refractivity contribution in [1.82, 2.24) is 5.32 Å². The van der Waals surface area contributed by atoms with Crippen molar-refractivity contribution < 1.29 is 14.7 Å². The summed E-state index contributed by atoms with van der Waals surface area (Å²) in [7, 11) is 0. The highest BCUT2D eigenvalue weighted by Gasteiger charge is 2.43. The van der Waals surface area contributed by atoms with E-state index in [1.807, 2.05) is 0 Å². The highest BCUT2D eigenvalue weighted by molar-refractivity contribution is 5.88. The minimum Gasteiger partial charge on any atom is -0.480 e. The smallest absolute Gasteiger partial charge is 0.326 e. The molecule has 1 amide bonds. The van der Waals surface area contributed by atoms with Gasteiger partial charge < -0.3 is 10.4 Å². The Bertz CT molecular complexity index is 210. The van der Waals surface area contributed by atoms with Gasteiger partial charge in [-0.1, -0.05) is 13.8 Å². The van der Waals surface area contributed by atoms with Gasteiger partial charge in [0, 0.05) is 11.8 Å². The van der Waals surface area contributed by atoms with Gasteiger partial charge in [-0.2, -0.15) is 0 Å². The number of aliphatic carboxylic acids is 1. The van der Waals surface area contributed by atoms with Crippen molar-refractivity contribution in [3.63, 3.8) is 0 Å². The number of carbonyl (C=O) groups excluding carboxylic acids is 1. The van der Waals surface area contributed by atoms with Crippen LogP contribution in [0.1, 0.15) is 20.3 Å². The van der Waals surface area contributed by atoms with Crippen LogP contribution < -0.4 is 5.32 Å². The number of carbonyl (C=O) groups is 2. The molecule has 62 valence electrons. The fourth-order valence-electron chi connectivity index (χ4n) is 1.32. The second-order valence-corrected chi connectivity index (χ2v) is 3.50. The third-order valence-electron chi connectivity index (χ3n) is 1.95. The van der Waals surface area contributed by atoms with Gasteiger partial charge >= 0.3 is 5.97 Å². The summed E-state index contributed by atoms with van der Waals surface area (Å²) >= 11 is 0. The van der Waals surface area contributed by atoms with Gasteiger partial charge in [0.15, 0.2) is 0 Å². The molecule has 1 aliphatic rings. The van der Waals surface area contributed by atoms with Gasteiger partial charge in [-0.25, -0.2) is 4.79 Å². The second-order valence-electron chi connectivity index (χ2n) is 3.50. The van der Waals surface area contributed by atoms with Crippen LogP contribution in [0, 0.1) is 5.41 Å². The quantitative estimate of drug-likeness (QED) is 0.562. The van der Waals surface area contributed by atoms with Crippen LogP contribution in [0.2, 0.25) is 0 Å². The molecule has 1 fully saturated rings. The molecular formula is C7H11NO3. The first-order valence-corrected chi connectivity index (χ1v) is 3.45. The maximum atomic E-state index is 10.8. The molecule has 0 aromatic heterocycles. The second kappa shape index (κ2) is 2.22. The van der Waals surface area contributed by atoms with E-state index in [2.05, 4.69) is 5.32 Å². The van der Waals surface area contributed by atoms with Crippen LogP contribution in [0.5, 0.6) is 0 Å². The molecule has 1 unspecified atom stereocenters. The van der Waals surface area contributed by atoms with Crippen molar-refractivity contribution in [2.45, 2.75) is 26.3 Å². The molecule has 4 nitrogen and oxygen atoms in total. The summed E-state index contributed by atoms with van der Waals surface area (Å²) in [4.78, 5) is 21.3. The third-order valence-corrected chi connectivity index (χ3v) is 1.95. The molecule has 0 aromatic rings. The molecule has 11 heavy (non-hydrogen) atoms. The lowest BCUT2D eigenvalue weighted by molar-refractivity contribution is -0.141. The molecule has 0 spiro atoms.